The Kier molecular flexibility index (Phi) is 4.99. The number of aromatic nitrogens is 1. The van der Waals surface area contributed by atoms with Crippen LogP contribution < -0.4 is 4.74 Å². The molecule has 3 aromatic rings. The summed E-state index contributed by atoms with van der Waals surface area (Å²) >= 11 is 0. The van der Waals surface area contributed by atoms with Crippen molar-refractivity contribution in [1.82, 2.24) is 4.98 Å². The van der Waals surface area contributed by atoms with Gasteiger partial charge in [-0.3, -0.25) is 4.98 Å². The number of hydrogen-bond acceptors (Lipinski definition) is 4. The van der Waals surface area contributed by atoms with Crippen LogP contribution in [0.3, 0.4) is 0 Å². The molecule has 0 radical (unpaired) electrons. The molecule has 4 nitrogen and oxygen atoms in total. The van der Waals surface area contributed by atoms with Crippen molar-refractivity contribution in [2.24, 2.45) is 0 Å². The zero-order valence-corrected chi connectivity index (χ0v) is 13.0. The topological polar surface area (TPSA) is 48.4 Å². The maximum absolute atomic E-state index is 13.6. The van der Waals surface area contributed by atoms with E-state index in [-0.39, 0.29) is 12.2 Å². The van der Waals surface area contributed by atoms with Gasteiger partial charge in [-0.05, 0) is 30.3 Å². The van der Waals surface area contributed by atoms with Crippen molar-refractivity contribution in [3.8, 4) is 11.5 Å². The molecule has 126 valence electrons. The van der Waals surface area contributed by atoms with Crippen LogP contribution in [0.15, 0.2) is 67.0 Å². The predicted molar refractivity (Wildman–Crippen MR) is 86.2 cm³/mol. The first-order valence-electron chi connectivity index (χ1n) is 7.41. The Balaban J connectivity index is 1.72. The number of pyridine rings is 1. The van der Waals surface area contributed by atoms with E-state index in [1.165, 1.54) is 0 Å². The highest BCUT2D eigenvalue weighted by Gasteiger charge is 2.15. The van der Waals surface area contributed by atoms with Crippen molar-refractivity contribution in [2.45, 2.75) is 6.61 Å². The fourth-order valence-electron chi connectivity index (χ4n) is 2.13. The Morgan fingerprint density at radius 1 is 1.04 bits per heavy atom. The Morgan fingerprint density at radius 3 is 2.64 bits per heavy atom. The van der Waals surface area contributed by atoms with E-state index in [0.29, 0.717) is 23.1 Å². The number of carbonyl (C=O) groups is 1. The molecule has 6 heteroatoms. The zero-order valence-electron chi connectivity index (χ0n) is 13.0. The second-order valence-electron chi connectivity index (χ2n) is 5.10. The van der Waals surface area contributed by atoms with Gasteiger partial charge in [-0.15, -0.1) is 0 Å². The molecule has 0 aliphatic carbocycles. The summed E-state index contributed by atoms with van der Waals surface area (Å²) in [7, 11) is 0. The van der Waals surface area contributed by atoms with Crippen molar-refractivity contribution < 1.29 is 23.0 Å². The second-order valence-corrected chi connectivity index (χ2v) is 5.10. The van der Waals surface area contributed by atoms with E-state index in [2.05, 4.69) is 4.98 Å². The summed E-state index contributed by atoms with van der Waals surface area (Å²) in [6.07, 6.45) is 3.18. The molecule has 1 aromatic heterocycles. The molecule has 0 atom stereocenters. The normalized spacial score (nSPS) is 10.3. The summed E-state index contributed by atoms with van der Waals surface area (Å²) in [6.45, 7) is -0.119. The standard InChI is InChI=1S/C19H13F2NO3/c20-14-7-8-16(17(21)10-14)19(23)24-12-13-4-1-2-6-18(13)25-15-5-3-9-22-11-15/h1-11H,12H2. The third kappa shape index (κ3) is 4.17. The van der Waals surface area contributed by atoms with Gasteiger partial charge in [-0.1, -0.05) is 18.2 Å². The minimum Gasteiger partial charge on any atom is -0.457 e. The molecule has 0 saturated heterocycles. The van der Waals surface area contributed by atoms with Crippen LogP contribution >= 0.6 is 0 Å². The highest BCUT2D eigenvalue weighted by Crippen LogP contribution is 2.25. The molecule has 0 N–H and O–H groups in total. The zero-order chi connectivity index (χ0) is 17.6. The molecule has 2 aromatic carbocycles. The summed E-state index contributed by atoms with van der Waals surface area (Å²) < 4.78 is 37.4. The molecule has 0 unspecified atom stereocenters. The monoisotopic (exact) mass is 341 g/mol. The first kappa shape index (κ1) is 16.6. The number of nitrogens with zero attached hydrogens (tertiary/aromatic N) is 1. The Labute approximate surface area is 142 Å². The fourth-order valence-corrected chi connectivity index (χ4v) is 2.13. The van der Waals surface area contributed by atoms with Crippen LogP contribution in [-0.2, 0) is 11.3 Å². The molecule has 0 aliphatic rings. The van der Waals surface area contributed by atoms with Crippen LogP contribution in [0, 0.1) is 11.6 Å². The molecule has 0 spiro atoms. The SMILES string of the molecule is O=C(OCc1ccccc1Oc1cccnc1)c1ccc(F)cc1F. The average Bonchev–Trinajstić information content (AvgIpc) is 2.61. The van der Waals surface area contributed by atoms with Gasteiger partial charge in [0.05, 0.1) is 11.8 Å². The summed E-state index contributed by atoms with van der Waals surface area (Å²) in [5, 5.41) is 0. The molecule has 3 rings (SSSR count). The van der Waals surface area contributed by atoms with Crippen LogP contribution in [0.1, 0.15) is 15.9 Å². The second kappa shape index (κ2) is 7.53. The molecule has 0 amide bonds. The summed E-state index contributed by atoms with van der Waals surface area (Å²) in [5.74, 6) is -1.59. The lowest BCUT2D eigenvalue weighted by molar-refractivity contribution is 0.0465. The first-order chi connectivity index (χ1) is 12.1. The van der Waals surface area contributed by atoms with E-state index < -0.39 is 17.6 Å². The lowest BCUT2D eigenvalue weighted by Gasteiger charge is -2.11. The van der Waals surface area contributed by atoms with E-state index in [1.54, 1.807) is 48.8 Å². The molecular formula is C19H13F2NO3. The minimum atomic E-state index is -0.968. The van der Waals surface area contributed by atoms with E-state index in [1.807, 2.05) is 0 Å². The van der Waals surface area contributed by atoms with Gasteiger partial charge in [0.25, 0.3) is 0 Å². The van der Waals surface area contributed by atoms with Gasteiger partial charge < -0.3 is 9.47 Å². The highest BCUT2D eigenvalue weighted by atomic mass is 19.1. The predicted octanol–water partition coefficient (Wildman–Crippen LogP) is 4.51. The van der Waals surface area contributed by atoms with Crippen LogP contribution in [-0.4, -0.2) is 11.0 Å². The van der Waals surface area contributed by atoms with Crippen molar-refractivity contribution in [2.75, 3.05) is 0 Å². The number of hydrogen-bond donors (Lipinski definition) is 0. The number of esters is 1. The Morgan fingerprint density at radius 2 is 1.88 bits per heavy atom. The van der Waals surface area contributed by atoms with E-state index >= 15 is 0 Å². The van der Waals surface area contributed by atoms with Crippen LogP contribution in [0.2, 0.25) is 0 Å². The van der Waals surface area contributed by atoms with Gasteiger partial charge in [0.2, 0.25) is 0 Å². The van der Waals surface area contributed by atoms with Crippen molar-refractivity contribution in [3.63, 3.8) is 0 Å². The maximum Gasteiger partial charge on any atom is 0.341 e. The van der Waals surface area contributed by atoms with Gasteiger partial charge in [-0.2, -0.15) is 0 Å². The molecule has 0 saturated carbocycles. The van der Waals surface area contributed by atoms with Gasteiger partial charge in [0, 0.05) is 17.8 Å². The number of carbonyl (C=O) groups excluding carboxylic acids is 1. The minimum absolute atomic E-state index is 0.119. The Bertz CT molecular complexity index is 885. The first-order valence-corrected chi connectivity index (χ1v) is 7.41. The van der Waals surface area contributed by atoms with Gasteiger partial charge >= 0.3 is 5.97 Å². The lowest BCUT2D eigenvalue weighted by atomic mass is 10.2. The summed E-state index contributed by atoms with van der Waals surface area (Å²) in [5.41, 5.74) is 0.272. The lowest BCUT2D eigenvalue weighted by Crippen LogP contribution is -2.08. The molecule has 0 aliphatic heterocycles. The van der Waals surface area contributed by atoms with Crippen molar-refractivity contribution in [3.05, 3.63) is 89.8 Å². The number of para-hydroxylation sites is 1. The van der Waals surface area contributed by atoms with Crippen LogP contribution in [0.5, 0.6) is 11.5 Å². The smallest absolute Gasteiger partial charge is 0.341 e. The van der Waals surface area contributed by atoms with Gasteiger partial charge in [-0.25, -0.2) is 13.6 Å². The summed E-state index contributed by atoms with van der Waals surface area (Å²) in [4.78, 5) is 15.9. The number of ether oxygens (including phenoxy) is 2. The third-order valence-electron chi connectivity index (χ3n) is 3.34. The molecular weight excluding hydrogens is 328 g/mol. The average molecular weight is 341 g/mol. The van der Waals surface area contributed by atoms with Gasteiger partial charge in [0.15, 0.2) is 0 Å². The maximum atomic E-state index is 13.6. The highest BCUT2D eigenvalue weighted by molar-refractivity contribution is 5.89. The number of halogens is 2. The van der Waals surface area contributed by atoms with Gasteiger partial charge in [0.1, 0.15) is 29.7 Å². The molecule has 25 heavy (non-hydrogen) atoms. The fraction of sp³-hybridized carbons (Fsp3) is 0.0526. The van der Waals surface area contributed by atoms with E-state index in [0.717, 1.165) is 12.1 Å². The third-order valence-corrected chi connectivity index (χ3v) is 3.34. The van der Waals surface area contributed by atoms with E-state index in [9.17, 15) is 13.6 Å². The van der Waals surface area contributed by atoms with Crippen LogP contribution in [0.25, 0.3) is 0 Å². The largest absolute Gasteiger partial charge is 0.457 e. The van der Waals surface area contributed by atoms with Crippen LogP contribution in [0.4, 0.5) is 8.78 Å². The van der Waals surface area contributed by atoms with Crippen molar-refractivity contribution >= 4 is 5.97 Å². The number of rotatable bonds is 5. The molecule has 0 fully saturated rings. The van der Waals surface area contributed by atoms with E-state index in [4.69, 9.17) is 9.47 Å². The quantitative estimate of drug-likeness (QED) is 0.641. The summed E-state index contributed by atoms with van der Waals surface area (Å²) in [6, 6.07) is 13.1. The molecule has 0 bridgehead atoms. The number of benzene rings is 2. The Hall–Kier alpha value is -3.28. The van der Waals surface area contributed by atoms with Crippen molar-refractivity contribution in [1.29, 1.82) is 0 Å². The molecule has 1 heterocycles.